The van der Waals surface area contributed by atoms with E-state index in [0.29, 0.717) is 47.3 Å². The van der Waals surface area contributed by atoms with E-state index in [9.17, 15) is 0 Å². The molecule has 7 nitrogen and oxygen atoms in total. The van der Waals surface area contributed by atoms with Gasteiger partial charge in [-0.1, -0.05) is 47.4 Å². The molecule has 0 atom stereocenters. The smallest absolute Gasteiger partial charge is 0.243 e. The molecule has 0 amide bonds. The highest BCUT2D eigenvalue weighted by Crippen LogP contribution is 2.30. The number of ether oxygens (including phenoxy) is 2. The lowest BCUT2D eigenvalue weighted by Gasteiger charge is -2.14. The summed E-state index contributed by atoms with van der Waals surface area (Å²) in [5.41, 5.74) is 1.96. The van der Waals surface area contributed by atoms with Gasteiger partial charge >= 0.3 is 0 Å². The minimum Gasteiger partial charge on any atom is -0.490 e. The van der Waals surface area contributed by atoms with E-state index >= 15 is 0 Å². The number of hydrogen-bond acceptors (Lipinski definition) is 6. The fourth-order valence-corrected chi connectivity index (χ4v) is 3.04. The molecule has 29 heavy (non-hydrogen) atoms. The maximum Gasteiger partial charge on any atom is 0.243 e. The predicted molar refractivity (Wildman–Crippen MR) is 114 cm³/mol. The molecule has 0 saturated heterocycles. The highest BCUT2D eigenvalue weighted by atomic mass is 35.5. The number of aromatic nitrogens is 4. The van der Waals surface area contributed by atoms with E-state index in [1.54, 1.807) is 16.8 Å². The lowest BCUT2D eigenvalue weighted by molar-refractivity contribution is 0.269. The number of nitrogens with one attached hydrogen (secondary N) is 1. The normalized spacial score (nSPS) is 10.8. The van der Waals surface area contributed by atoms with E-state index in [1.807, 2.05) is 31.2 Å². The van der Waals surface area contributed by atoms with Gasteiger partial charge in [-0.15, -0.1) is 0 Å². The number of hydrogen-bond donors (Lipinski definition) is 1. The van der Waals surface area contributed by atoms with Crippen molar-refractivity contribution in [3.63, 3.8) is 0 Å². The van der Waals surface area contributed by atoms with Crippen molar-refractivity contribution in [2.45, 2.75) is 40.0 Å². The summed E-state index contributed by atoms with van der Waals surface area (Å²) in [6.07, 6.45) is 0.957. The molecule has 3 rings (SSSR count). The highest BCUT2D eigenvalue weighted by molar-refractivity contribution is 6.42. The van der Waals surface area contributed by atoms with Crippen LogP contribution in [0.2, 0.25) is 10.0 Å². The quantitative estimate of drug-likeness (QED) is 0.483. The Hall–Kier alpha value is -2.51. The minimum absolute atomic E-state index is 0.361. The summed E-state index contributed by atoms with van der Waals surface area (Å²) in [6, 6.07) is 11.3. The van der Waals surface area contributed by atoms with Crippen molar-refractivity contribution in [1.29, 1.82) is 0 Å². The van der Waals surface area contributed by atoms with Crippen LogP contribution >= 0.6 is 23.2 Å². The van der Waals surface area contributed by atoms with Crippen LogP contribution in [0.15, 0.2) is 36.4 Å². The molecule has 0 aliphatic carbocycles. The van der Waals surface area contributed by atoms with Gasteiger partial charge in [0.1, 0.15) is 6.61 Å². The van der Waals surface area contributed by atoms with Crippen LogP contribution in [0.3, 0.4) is 0 Å². The Kier molecular flexibility index (Phi) is 7.55. The van der Waals surface area contributed by atoms with Gasteiger partial charge in [-0.2, -0.15) is 0 Å². The molecule has 1 N–H and O–H groups in total. The maximum atomic E-state index is 6.07. The molecule has 2 aromatic carbocycles. The van der Waals surface area contributed by atoms with Crippen LogP contribution < -0.4 is 14.8 Å². The van der Waals surface area contributed by atoms with Gasteiger partial charge in [0.05, 0.1) is 16.7 Å². The first-order valence-electron chi connectivity index (χ1n) is 9.43. The Morgan fingerprint density at radius 1 is 0.966 bits per heavy atom. The van der Waals surface area contributed by atoms with Gasteiger partial charge in [0.25, 0.3) is 0 Å². The number of nitrogens with zero attached hydrogens (tertiary/aromatic N) is 4. The van der Waals surface area contributed by atoms with Crippen molar-refractivity contribution >= 4 is 29.2 Å². The fraction of sp³-hybridized carbons (Fsp3) is 0.350. The van der Waals surface area contributed by atoms with Crippen LogP contribution in [0.5, 0.6) is 11.5 Å². The topological polar surface area (TPSA) is 74.1 Å². The molecule has 0 unspecified atom stereocenters. The summed E-state index contributed by atoms with van der Waals surface area (Å²) >= 11 is 12.0. The molecule has 0 fully saturated rings. The zero-order chi connectivity index (χ0) is 20.6. The van der Waals surface area contributed by atoms with Crippen molar-refractivity contribution in [2.75, 3.05) is 11.9 Å². The summed E-state index contributed by atoms with van der Waals surface area (Å²) in [4.78, 5) is 0. The largest absolute Gasteiger partial charge is 0.490 e. The van der Waals surface area contributed by atoms with Crippen molar-refractivity contribution in [1.82, 2.24) is 20.2 Å². The highest BCUT2D eigenvalue weighted by Gasteiger charge is 2.10. The lowest BCUT2D eigenvalue weighted by Crippen LogP contribution is -2.09. The number of benzene rings is 2. The molecule has 0 aliphatic rings. The van der Waals surface area contributed by atoms with Crippen LogP contribution in [0, 0.1) is 0 Å². The van der Waals surface area contributed by atoms with Gasteiger partial charge in [0, 0.05) is 13.1 Å². The summed E-state index contributed by atoms with van der Waals surface area (Å²) < 4.78 is 13.5. The van der Waals surface area contributed by atoms with Gasteiger partial charge in [0.15, 0.2) is 11.5 Å². The standard InChI is InChI=1S/C20H23Cl2N5O2/c1-3-9-27-20(24-25-26-27)23-12-14-6-8-18(19(11-14)28-4-2)29-13-15-5-7-16(21)17(22)10-15/h5-8,10-11H,3-4,9,12-13H2,1-2H3,(H,23,24,26). The molecule has 154 valence electrons. The Bertz CT molecular complexity index is 948. The first-order chi connectivity index (χ1) is 14.1. The molecule has 0 aliphatic heterocycles. The predicted octanol–water partition coefficient (Wildman–Crippen LogP) is 4.98. The second-order valence-corrected chi connectivity index (χ2v) is 7.14. The number of tetrazole rings is 1. The molecule has 0 saturated carbocycles. The van der Waals surface area contributed by atoms with E-state index in [0.717, 1.165) is 24.1 Å². The molecule has 0 radical (unpaired) electrons. The van der Waals surface area contributed by atoms with Crippen LogP contribution in [-0.2, 0) is 19.7 Å². The summed E-state index contributed by atoms with van der Waals surface area (Å²) in [7, 11) is 0. The molecule has 1 heterocycles. The fourth-order valence-electron chi connectivity index (χ4n) is 2.72. The zero-order valence-electron chi connectivity index (χ0n) is 16.4. The lowest BCUT2D eigenvalue weighted by atomic mass is 10.2. The molecule has 3 aromatic rings. The Morgan fingerprint density at radius 2 is 1.79 bits per heavy atom. The van der Waals surface area contributed by atoms with E-state index in [-0.39, 0.29) is 0 Å². The van der Waals surface area contributed by atoms with Gasteiger partial charge in [0.2, 0.25) is 5.95 Å². The molecule has 1 aromatic heterocycles. The Balaban J connectivity index is 1.67. The minimum atomic E-state index is 0.361. The number of rotatable bonds is 10. The summed E-state index contributed by atoms with van der Waals surface area (Å²) in [6.45, 7) is 6.25. The van der Waals surface area contributed by atoms with E-state index in [2.05, 4.69) is 27.8 Å². The van der Waals surface area contributed by atoms with E-state index in [1.165, 1.54) is 0 Å². The van der Waals surface area contributed by atoms with Gasteiger partial charge in [-0.3, -0.25) is 0 Å². The average molecular weight is 436 g/mol. The van der Waals surface area contributed by atoms with Crippen molar-refractivity contribution in [2.24, 2.45) is 0 Å². The maximum absolute atomic E-state index is 6.07. The van der Waals surface area contributed by atoms with Crippen molar-refractivity contribution in [3.05, 3.63) is 57.6 Å². The molecular weight excluding hydrogens is 413 g/mol. The Labute approximate surface area is 179 Å². The summed E-state index contributed by atoms with van der Waals surface area (Å²) in [5.74, 6) is 1.99. The molecule has 0 bridgehead atoms. The zero-order valence-corrected chi connectivity index (χ0v) is 17.9. The number of halogens is 2. The number of aryl methyl sites for hydroxylation is 1. The molecule has 0 spiro atoms. The van der Waals surface area contributed by atoms with Crippen LogP contribution in [0.1, 0.15) is 31.4 Å². The summed E-state index contributed by atoms with van der Waals surface area (Å²) in [5, 5.41) is 16.0. The molecular formula is C20H23Cl2N5O2. The van der Waals surface area contributed by atoms with Crippen LogP contribution in [0.25, 0.3) is 0 Å². The van der Waals surface area contributed by atoms with E-state index in [4.69, 9.17) is 32.7 Å². The van der Waals surface area contributed by atoms with Crippen molar-refractivity contribution < 1.29 is 9.47 Å². The number of anilines is 1. The monoisotopic (exact) mass is 435 g/mol. The second kappa shape index (κ2) is 10.3. The third-order valence-corrected chi connectivity index (χ3v) is 4.84. The van der Waals surface area contributed by atoms with Crippen molar-refractivity contribution in [3.8, 4) is 11.5 Å². The van der Waals surface area contributed by atoms with Gasteiger partial charge < -0.3 is 14.8 Å². The first-order valence-corrected chi connectivity index (χ1v) is 10.2. The van der Waals surface area contributed by atoms with Crippen LogP contribution in [0.4, 0.5) is 5.95 Å². The van der Waals surface area contributed by atoms with Gasteiger partial charge in [-0.25, -0.2) is 4.68 Å². The third-order valence-electron chi connectivity index (χ3n) is 4.10. The average Bonchev–Trinajstić information content (AvgIpc) is 3.16. The van der Waals surface area contributed by atoms with E-state index < -0.39 is 0 Å². The van der Waals surface area contributed by atoms with Gasteiger partial charge in [-0.05, 0) is 59.2 Å². The SMILES string of the molecule is CCCn1nnnc1NCc1ccc(OCc2ccc(Cl)c(Cl)c2)c(OCC)c1. The second-order valence-electron chi connectivity index (χ2n) is 6.33. The molecule has 9 heteroatoms. The first kappa shape index (κ1) is 21.2. The van der Waals surface area contributed by atoms with Crippen LogP contribution in [-0.4, -0.2) is 26.8 Å². The third kappa shape index (κ3) is 5.74. The Morgan fingerprint density at radius 3 is 2.55 bits per heavy atom.